The van der Waals surface area contributed by atoms with Crippen molar-refractivity contribution in [2.45, 2.75) is 19.0 Å². The van der Waals surface area contributed by atoms with Crippen molar-refractivity contribution in [1.29, 1.82) is 0 Å². The van der Waals surface area contributed by atoms with E-state index in [1.807, 2.05) is 23.6 Å². The van der Waals surface area contributed by atoms with Gasteiger partial charge in [-0.15, -0.1) is 11.3 Å². The van der Waals surface area contributed by atoms with Gasteiger partial charge in [0.15, 0.2) is 17.0 Å². The molecular formula is C20H19N3O5S. The van der Waals surface area contributed by atoms with Crippen molar-refractivity contribution in [2.24, 2.45) is 0 Å². The van der Waals surface area contributed by atoms with Gasteiger partial charge in [0.25, 0.3) is 5.91 Å². The second-order valence-electron chi connectivity index (χ2n) is 6.64. The summed E-state index contributed by atoms with van der Waals surface area (Å²) in [6.45, 7) is 1.70. The Morgan fingerprint density at radius 2 is 2.00 bits per heavy atom. The summed E-state index contributed by atoms with van der Waals surface area (Å²) in [6, 6.07) is 8.39. The van der Waals surface area contributed by atoms with Crippen molar-refractivity contribution in [3.8, 4) is 22.1 Å². The molecule has 0 radical (unpaired) electrons. The predicted octanol–water partition coefficient (Wildman–Crippen LogP) is 3.39. The van der Waals surface area contributed by atoms with Crippen LogP contribution in [0.2, 0.25) is 0 Å². The number of urea groups is 1. The molecule has 3 heterocycles. The lowest BCUT2D eigenvalue weighted by Crippen LogP contribution is -2.40. The molecule has 4 rings (SSSR count). The van der Waals surface area contributed by atoms with Gasteiger partial charge in [0.05, 0.1) is 32.7 Å². The first-order chi connectivity index (χ1) is 14.0. The average molecular weight is 413 g/mol. The molecule has 0 spiro atoms. The highest BCUT2D eigenvalue weighted by Crippen LogP contribution is 2.34. The number of methoxy groups -OCH3 is 2. The number of benzene rings is 1. The molecule has 1 aliphatic rings. The molecule has 1 N–H and O–H groups in total. The molecule has 8 nitrogen and oxygen atoms in total. The van der Waals surface area contributed by atoms with E-state index in [4.69, 9.17) is 13.9 Å². The average Bonchev–Trinajstić information content (AvgIpc) is 3.46. The van der Waals surface area contributed by atoms with E-state index in [2.05, 4.69) is 10.3 Å². The zero-order valence-corrected chi connectivity index (χ0v) is 16.9. The molecule has 1 aromatic carbocycles. The fourth-order valence-corrected chi connectivity index (χ4v) is 4.02. The normalized spacial score (nSPS) is 18.8. The Hall–Kier alpha value is -3.33. The molecule has 1 saturated heterocycles. The van der Waals surface area contributed by atoms with Crippen molar-refractivity contribution in [2.75, 3.05) is 14.2 Å². The van der Waals surface area contributed by atoms with Crippen LogP contribution < -0.4 is 14.8 Å². The van der Waals surface area contributed by atoms with Gasteiger partial charge in [0.1, 0.15) is 10.8 Å². The summed E-state index contributed by atoms with van der Waals surface area (Å²) in [5.41, 5.74) is 0.256. The van der Waals surface area contributed by atoms with Crippen molar-refractivity contribution in [3.63, 3.8) is 0 Å². The minimum Gasteiger partial charge on any atom is -0.493 e. The zero-order valence-electron chi connectivity index (χ0n) is 16.1. The number of ether oxygens (including phenoxy) is 2. The van der Waals surface area contributed by atoms with Crippen LogP contribution in [0.25, 0.3) is 10.6 Å². The number of hydrogen-bond acceptors (Lipinski definition) is 7. The van der Waals surface area contributed by atoms with Gasteiger partial charge < -0.3 is 19.2 Å². The highest BCUT2D eigenvalue weighted by atomic mass is 32.1. The lowest BCUT2D eigenvalue weighted by atomic mass is 9.99. The first-order valence-electron chi connectivity index (χ1n) is 8.81. The van der Waals surface area contributed by atoms with Crippen LogP contribution in [0.4, 0.5) is 4.79 Å². The number of imide groups is 1. The summed E-state index contributed by atoms with van der Waals surface area (Å²) < 4.78 is 15.9. The molecule has 0 saturated carbocycles. The van der Waals surface area contributed by atoms with Crippen LogP contribution in [0.1, 0.15) is 18.4 Å². The number of nitrogens with zero attached hydrogens (tertiary/aromatic N) is 2. The second kappa shape index (κ2) is 7.25. The number of nitrogens with one attached hydrogen (secondary N) is 1. The maximum atomic E-state index is 12.9. The van der Waals surface area contributed by atoms with Crippen molar-refractivity contribution >= 4 is 23.3 Å². The van der Waals surface area contributed by atoms with E-state index in [1.165, 1.54) is 17.6 Å². The Balaban J connectivity index is 1.55. The lowest BCUT2D eigenvalue weighted by molar-refractivity contribution is -0.132. The van der Waals surface area contributed by atoms with Gasteiger partial charge >= 0.3 is 6.03 Å². The van der Waals surface area contributed by atoms with Crippen LogP contribution in [0.15, 0.2) is 46.4 Å². The maximum Gasteiger partial charge on any atom is 0.325 e. The summed E-state index contributed by atoms with van der Waals surface area (Å²) in [6.07, 6.45) is 1.47. The first kappa shape index (κ1) is 19.0. The predicted molar refractivity (Wildman–Crippen MR) is 106 cm³/mol. The number of rotatable bonds is 6. The molecule has 1 unspecified atom stereocenters. The van der Waals surface area contributed by atoms with Crippen molar-refractivity contribution in [1.82, 2.24) is 15.2 Å². The molecule has 0 aliphatic carbocycles. The Morgan fingerprint density at radius 3 is 2.69 bits per heavy atom. The van der Waals surface area contributed by atoms with Crippen LogP contribution in [0, 0.1) is 0 Å². The van der Waals surface area contributed by atoms with E-state index >= 15 is 0 Å². The minimum atomic E-state index is -1.22. The van der Waals surface area contributed by atoms with Crippen LogP contribution in [-0.2, 0) is 16.9 Å². The highest BCUT2D eigenvalue weighted by molar-refractivity contribution is 7.13. The van der Waals surface area contributed by atoms with Gasteiger partial charge in [-0.2, -0.15) is 0 Å². The molecule has 150 valence electrons. The third kappa shape index (κ3) is 3.23. The molecule has 1 atom stereocenters. The molecule has 1 aliphatic heterocycles. The second-order valence-corrected chi connectivity index (χ2v) is 7.50. The van der Waals surface area contributed by atoms with E-state index in [0.29, 0.717) is 23.0 Å². The van der Waals surface area contributed by atoms with Gasteiger partial charge in [-0.05, 0) is 37.3 Å². The van der Waals surface area contributed by atoms with E-state index in [1.54, 1.807) is 33.3 Å². The van der Waals surface area contributed by atoms with Gasteiger partial charge in [-0.1, -0.05) is 0 Å². The number of carbonyl (C=O) groups is 2. The Morgan fingerprint density at radius 1 is 1.21 bits per heavy atom. The monoisotopic (exact) mass is 413 g/mol. The van der Waals surface area contributed by atoms with E-state index < -0.39 is 11.6 Å². The van der Waals surface area contributed by atoms with E-state index in [0.717, 1.165) is 15.5 Å². The topological polar surface area (TPSA) is 93.9 Å². The largest absolute Gasteiger partial charge is 0.493 e. The summed E-state index contributed by atoms with van der Waals surface area (Å²) >= 11 is 1.42. The van der Waals surface area contributed by atoms with Crippen LogP contribution in [0.5, 0.6) is 11.5 Å². The molecule has 0 bridgehead atoms. The Kier molecular flexibility index (Phi) is 4.75. The number of thiazole rings is 1. The number of furan rings is 1. The lowest BCUT2D eigenvalue weighted by Gasteiger charge is -2.18. The van der Waals surface area contributed by atoms with Gasteiger partial charge in [0.2, 0.25) is 0 Å². The standard InChI is InChI=1S/C20H19N3O5S/c1-20(16-5-4-8-28-16)18(24)23(19(25)22-20)10-13-11-29-17(21-13)12-6-7-14(26-2)15(9-12)27-3/h4-9,11H,10H2,1-3H3,(H,22,25). The Labute approximate surface area is 171 Å². The van der Waals surface area contributed by atoms with E-state index in [-0.39, 0.29) is 12.5 Å². The van der Waals surface area contributed by atoms with E-state index in [9.17, 15) is 9.59 Å². The molecular weight excluding hydrogens is 394 g/mol. The van der Waals surface area contributed by atoms with Crippen LogP contribution in [0.3, 0.4) is 0 Å². The number of hydrogen-bond donors (Lipinski definition) is 1. The van der Waals surface area contributed by atoms with Crippen molar-refractivity contribution < 1.29 is 23.5 Å². The molecule has 2 aromatic heterocycles. The summed E-state index contributed by atoms with van der Waals surface area (Å²) in [4.78, 5) is 31.1. The van der Waals surface area contributed by atoms with Gasteiger partial charge in [-0.3, -0.25) is 9.69 Å². The summed E-state index contributed by atoms with van der Waals surface area (Å²) in [7, 11) is 3.15. The van der Waals surface area contributed by atoms with Crippen LogP contribution >= 0.6 is 11.3 Å². The quantitative estimate of drug-likeness (QED) is 0.623. The number of aromatic nitrogens is 1. The molecule has 29 heavy (non-hydrogen) atoms. The summed E-state index contributed by atoms with van der Waals surface area (Å²) in [5, 5.41) is 5.29. The SMILES string of the molecule is COc1ccc(-c2nc(CN3C(=O)NC(C)(c4ccco4)C3=O)cs2)cc1OC. The third-order valence-electron chi connectivity index (χ3n) is 4.79. The molecule has 3 aromatic rings. The maximum absolute atomic E-state index is 12.9. The molecule has 1 fully saturated rings. The van der Waals surface area contributed by atoms with Crippen LogP contribution in [-0.4, -0.2) is 36.0 Å². The highest BCUT2D eigenvalue weighted by Gasteiger charge is 2.51. The van der Waals surface area contributed by atoms with Gasteiger partial charge in [-0.25, -0.2) is 9.78 Å². The summed E-state index contributed by atoms with van der Waals surface area (Å²) in [5.74, 6) is 1.25. The fourth-order valence-electron chi connectivity index (χ4n) is 3.21. The first-order valence-corrected chi connectivity index (χ1v) is 9.69. The molecule has 3 amide bonds. The smallest absolute Gasteiger partial charge is 0.325 e. The van der Waals surface area contributed by atoms with Gasteiger partial charge in [0, 0.05) is 10.9 Å². The number of carbonyl (C=O) groups excluding carboxylic acids is 2. The minimum absolute atomic E-state index is 0.0742. The molecule has 9 heteroatoms. The van der Waals surface area contributed by atoms with Crippen molar-refractivity contribution in [3.05, 3.63) is 53.4 Å². The zero-order chi connectivity index (χ0) is 20.6. The fraction of sp³-hybridized carbons (Fsp3) is 0.250. The third-order valence-corrected chi connectivity index (χ3v) is 5.73. The Bertz CT molecular complexity index is 1060. The number of amides is 3.